The summed E-state index contributed by atoms with van der Waals surface area (Å²) in [6.45, 7) is 4.03. The Morgan fingerprint density at radius 2 is 1.44 bits per heavy atom. The topological polar surface area (TPSA) is 0 Å². The van der Waals surface area contributed by atoms with Crippen molar-refractivity contribution in [2.45, 2.75) is 25.4 Å². The molecule has 0 saturated carbocycles. The molecule has 0 nitrogen and oxygen atoms in total. The van der Waals surface area contributed by atoms with Gasteiger partial charge in [-0.15, -0.1) is 11.3 Å². The molecule has 0 amide bonds. The molecule has 0 aliphatic rings. The fraction of sp³-hybridized carbons (Fsp3) is 0.286. The Bertz CT molecular complexity index is 507. The lowest BCUT2D eigenvalue weighted by atomic mass is 9.83. The molecule has 1 heterocycles. The summed E-state index contributed by atoms with van der Waals surface area (Å²) in [6.07, 6.45) is -4.27. The Morgan fingerprint density at radius 3 is 1.89 bits per heavy atom. The Kier molecular flexibility index (Phi) is 3.23. The van der Waals surface area contributed by atoms with Gasteiger partial charge in [-0.2, -0.15) is 13.2 Å². The van der Waals surface area contributed by atoms with Gasteiger partial charge < -0.3 is 0 Å². The number of halogens is 3. The van der Waals surface area contributed by atoms with Crippen LogP contribution in [0.15, 0.2) is 41.8 Å². The molecule has 2 rings (SSSR count). The quantitative estimate of drug-likeness (QED) is 0.712. The van der Waals surface area contributed by atoms with Crippen molar-refractivity contribution < 1.29 is 13.2 Å². The second-order valence-corrected chi connectivity index (χ2v) is 5.63. The van der Waals surface area contributed by atoms with Crippen molar-refractivity contribution in [3.63, 3.8) is 0 Å². The summed E-state index contributed by atoms with van der Waals surface area (Å²) in [5.41, 5.74) is 0.0179. The predicted molar refractivity (Wildman–Crippen MR) is 67.9 cm³/mol. The summed E-state index contributed by atoms with van der Waals surface area (Å²) in [7, 11) is 0. The van der Waals surface area contributed by atoms with E-state index in [-0.39, 0.29) is 5.41 Å². The molecule has 0 unspecified atom stereocenters. The highest BCUT2D eigenvalue weighted by atomic mass is 32.1. The van der Waals surface area contributed by atoms with Gasteiger partial charge in [0.15, 0.2) is 0 Å². The summed E-state index contributed by atoms with van der Waals surface area (Å²) >= 11 is 1.61. The third-order valence-corrected chi connectivity index (χ3v) is 4.26. The molecule has 2 aromatic rings. The van der Waals surface area contributed by atoms with Gasteiger partial charge in [-0.05, 0) is 29.1 Å². The Labute approximate surface area is 108 Å². The van der Waals surface area contributed by atoms with Crippen molar-refractivity contribution in [1.29, 1.82) is 0 Å². The van der Waals surface area contributed by atoms with E-state index < -0.39 is 11.7 Å². The average Bonchev–Trinajstić information content (AvgIpc) is 2.82. The first-order chi connectivity index (χ1) is 8.32. The average molecular weight is 270 g/mol. The maximum Gasteiger partial charge on any atom is 0.416 e. The van der Waals surface area contributed by atoms with Gasteiger partial charge in [0.25, 0.3) is 0 Å². The van der Waals surface area contributed by atoms with Crippen LogP contribution in [-0.2, 0) is 11.6 Å². The van der Waals surface area contributed by atoms with Crippen LogP contribution in [0.2, 0.25) is 0 Å². The Balaban J connectivity index is 2.36. The lowest BCUT2D eigenvalue weighted by molar-refractivity contribution is -0.137. The summed E-state index contributed by atoms with van der Waals surface area (Å²) in [5, 5.41) is 1.97. The lowest BCUT2D eigenvalue weighted by Gasteiger charge is -2.24. The Morgan fingerprint density at radius 1 is 0.889 bits per heavy atom. The number of benzene rings is 1. The second kappa shape index (κ2) is 4.43. The molecule has 0 spiro atoms. The van der Waals surface area contributed by atoms with Crippen LogP contribution < -0.4 is 0 Å². The molecule has 1 aromatic heterocycles. The van der Waals surface area contributed by atoms with Crippen LogP contribution in [0, 0.1) is 0 Å². The van der Waals surface area contributed by atoms with Crippen molar-refractivity contribution >= 4 is 11.3 Å². The molecular formula is C14H13F3S. The van der Waals surface area contributed by atoms with E-state index in [0.717, 1.165) is 22.6 Å². The van der Waals surface area contributed by atoms with E-state index >= 15 is 0 Å². The summed E-state index contributed by atoms with van der Waals surface area (Å²) in [5.74, 6) is 0. The predicted octanol–water partition coefficient (Wildman–Crippen LogP) is 5.09. The molecule has 0 aliphatic carbocycles. The van der Waals surface area contributed by atoms with E-state index in [2.05, 4.69) is 0 Å². The third kappa shape index (κ3) is 2.43. The molecule has 0 aliphatic heterocycles. The van der Waals surface area contributed by atoms with Gasteiger partial charge in [0, 0.05) is 10.3 Å². The third-order valence-electron chi connectivity index (χ3n) is 3.07. The normalized spacial score (nSPS) is 12.7. The zero-order chi connectivity index (χ0) is 13.4. The van der Waals surface area contributed by atoms with E-state index in [1.54, 1.807) is 23.5 Å². The van der Waals surface area contributed by atoms with Crippen LogP contribution in [0.4, 0.5) is 13.2 Å². The molecule has 96 valence electrons. The van der Waals surface area contributed by atoms with E-state index in [1.165, 1.54) is 0 Å². The molecule has 4 heteroatoms. The molecule has 0 saturated heterocycles. The number of rotatable bonds is 2. The number of thiophene rings is 1. The Hall–Kier alpha value is -1.29. The van der Waals surface area contributed by atoms with E-state index in [9.17, 15) is 13.2 Å². The minimum Gasteiger partial charge on any atom is -0.166 e. The first-order valence-electron chi connectivity index (χ1n) is 5.53. The minimum absolute atomic E-state index is 0.266. The van der Waals surface area contributed by atoms with Gasteiger partial charge in [0.2, 0.25) is 0 Å². The molecular weight excluding hydrogens is 257 g/mol. The van der Waals surface area contributed by atoms with Gasteiger partial charge in [-0.3, -0.25) is 0 Å². The van der Waals surface area contributed by atoms with Crippen molar-refractivity contribution in [2.24, 2.45) is 0 Å². The highest BCUT2D eigenvalue weighted by Crippen LogP contribution is 2.36. The molecule has 0 fully saturated rings. The van der Waals surface area contributed by atoms with Crippen LogP contribution in [-0.4, -0.2) is 0 Å². The van der Waals surface area contributed by atoms with E-state index in [1.807, 2.05) is 31.4 Å². The highest BCUT2D eigenvalue weighted by Gasteiger charge is 2.31. The molecule has 18 heavy (non-hydrogen) atoms. The van der Waals surface area contributed by atoms with Crippen LogP contribution in [0.3, 0.4) is 0 Å². The minimum atomic E-state index is -4.27. The number of hydrogen-bond donors (Lipinski definition) is 0. The largest absolute Gasteiger partial charge is 0.416 e. The standard InChI is InChI=1S/C14H13F3S/c1-13(2,12-4-3-9-18-12)10-5-7-11(8-6-10)14(15,16)17/h3-9H,1-2H3. The van der Waals surface area contributed by atoms with Crippen molar-refractivity contribution in [3.05, 3.63) is 57.8 Å². The number of alkyl halides is 3. The molecule has 0 radical (unpaired) electrons. The summed E-state index contributed by atoms with van der Waals surface area (Å²) in [4.78, 5) is 1.14. The lowest BCUT2D eigenvalue weighted by Crippen LogP contribution is -2.17. The monoisotopic (exact) mass is 270 g/mol. The van der Waals surface area contributed by atoms with Gasteiger partial charge >= 0.3 is 6.18 Å². The van der Waals surface area contributed by atoms with Crippen LogP contribution in [0.5, 0.6) is 0 Å². The smallest absolute Gasteiger partial charge is 0.166 e. The summed E-state index contributed by atoms with van der Waals surface area (Å²) < 4.78 is 37.5. The first-order valence-corrected chi connectivity index (χ1v) is 6.41. The highest BCUT2D eigenvalue weighted by molar-refractivity contribution is 7.10. The zero-order valence-electron chi connectivity index (χ0n) is 10.1. The molecule has 0 bridgehead atoms. The zero-order valence-corrected chi connectivity index (χ0v) is 10.9. The van der Waals surface area contributed by atoms with Crippen LogP contribution in [0.1, 0.15) is 29.9 Å². The van der Waals surface area contributed by atoms with Gasteiger partial charge in [-0.1, -0.05) is 32.0 Å². The SMILES string of the molecule is CC(C)(c1ccc(C(F)(F)F)cc1)c1cccs1. The number of hydrogen-bond acceptors (Lipinski definition) is 1. The van der Waals surface area contributed by atoms with E-state index in [0.29, 0.717) is 0 Å². The van der Waals surface area contributed by atoms with Crippen LogP contribution >= 0.6 is 11.3 Å². The van der Waals surface area contributed by atoms with Crippen molar-refractivity contribution in [1.82, 2.24) is 0 Å². The van der Waals surface area contributed by atoms with Gasteiger partial charge in [0.05, 0.1) is 5.56 Å². The van der Waals surface area contributed by atoms with Crippen molar-refractivity contribution in [3.8, 4) is 0 Å². The molecule has 0 N–H and O–H groups in total. The van der Waals surface area contributed by atoms with Gasteiger partial charge in [0.1, 0.15) is 0 Å². The van der Waals surface area contributed by atoms with Crippen LogP contribution in [0.25, 0.3) is 0 Å². The van der Waals surface area contributed by atoms with Gasteiger partial charge in [-0.25, -0.2) is 0 Å². The fourth-order valence-corrected chi connectivity index (χ4v) is 2.73. The maximum absolute atomic E-state index is 12.5. The van der Waals surface area contributed by atoms with E-state index in [4.69, 9.17) is 0 Å². The summed E-state index contributed by atoms with van der Waals surface area (Å²) in [6, 6.07) is 9.36. The fourth-order valence-electron chi connectivity index (χ4n) is 1.85. The molecule has 0 atom stereocenters. The first kappa shape index (κ1) is 13.1. The maximum atomic E-state index is 12.5. The molecule has 1 aromatic carbocycles. The second-order valence-electron chi connectivity index (χ2n) is 4.68. The van der Waals surface area contributed by atoms with Crippen molar-refractivity contribution in [2.75, 3.05) is 0 Å².